The van der Waals surface area contributed by atoms with Gasteiger partial charge in [-0.05, 0) is 35.9 Å². The first-order valence-corrected chi connectivity index (χ1v) is 9.57. The molecule has 0 spiro atoms. The maximum absolute atomic E-state index is 12.7. The summed E-state index contributed by atoms with van der Waals surface area (Å²) >= 11 is 6.50. The fourth-order valence-electron chi connectivity index (χ4n) is 3.49. The molecule has 2 aromatic heterocycles. The molecule has 8 heteroatoms. The molecule has 3 heterocycles. The van der Waals surface area contributed by atoms with E-state index in [1.54, 1.807) is 34.9 Å². The molecule has 30 heavy (non-hydrogen) atoms. The van der Waals surface area contributed by atoms with Gasteiger partial charge in [-0.25, -0.2) is 4.98 Å². The maximum atomic E-state index is 12.7. The number of carbonyl (C=O) groups excluding carboxylic acids is 2. The van der Waals surface area contributed by atoms with Crippen LogP contribution in [0.5, 0.6) is 0 Å². The highest BCUT2D eigenvalue weighted by Crippen LogP contribution is 2.37. The number of halogens is 1. The van der Waals surface area contributed by atoms with Gasteiger partial charge < -0.3 is 5.32 Å². The summed E-state index contributed by atoms with van der Waals surface area (Å²) in [6, 6.07) is 10.7. The first kappa shape index (κ1) is 18.2. The van der Waals surface area contributed by atoms with E-state index in [1.165, 1.54) is 6.20 Å². The summed E-state index contributed by atoms with van der Waals surface area (Å²) in [5.41, 5.74) is 3.57. The molecule has 7 nitrogen and oxygen atoms in total. The van der Waals surface area contributed by atoms with Crippen molar-refractivity contribution in [2.75, 3.05) is 5.32 Å². The van der Waals surface area contributed by atoms with Crippen LogP contribution in [-0.4, -0.2) is 21.2 Å². The molecule has 0 radical (unpaired) electrons. The second-order valence-corrected chi connectivity index (χ2v) is 7.19. The van der Waals surface area contributed by atoms with E-state index < -0.39 is 5.92 Å². The van der Waals surface area contributed by atoms with E-state index in [2.05, 4.69) is 20.5 Å². The zero-order chi connectivity index (χ0) is 20.7. The molecule has 1 aliphatic carbocycles. The van der Waals surface area contributed by atoms with E-state index in [9.17, 15) is 9.59 Å². The minimum absolute atomic E-state index is 0.303. The van der Waals surface area contributed by atoms with Gasteiger partial charge in [-0.15, -0.1) is 10.2 Å². The lowest BCUT2D eigenvalue weighted by atomic mass is 9.89. The number of amides is 2. The third kappa shape index (κ3) is 3.05. The molecule has 5 rings (SSSR count). The number of fused-ring (bicyclic) bond motifs is 2. The third-order valence-corrected chi connectivity index (χ3v) is 5.26. The summed E-state index contributed by atoms with van der Waals surface area (Å²) in [7, 11) is 0. The van der Waals surface area contributed by atoms with Gasteiger partial charge in [0.15, 0.2) is 0 Å². The highest BCUT2D eigenvalue weighted by Gasteiger charge is 2.28. The predicted molar refractivity (Wildman–Crippen MR) is 113 cm³/mol. The number of hydrogen-bond donors (Lipinski definition) is 1. The Morgan fingerprint density at radius 1 is 1.13 bits per heavy atom. The molecule has 2 aliphatic rings. The zero-order valence-electron chi connectivity index (χ0n) is 15.5. The number of hydrogen-bond acceptors (Lipinski definition) is 4. The molecular weight excluding hydrogens is 402 g/mol. The molecule has 0 saturated heterocycles. The number of rotatable bonds is 3. The zero-order valence-corrected chi connectivity index (χ0v) is 16.2. The fraction of sp³-hybridized carbons (Fsp3) is 0.0455. The van der Waals surface area contributed by atoms with Crippen molar-refractivity contribution in [3.63, 3.8) is 0 Å². The summed E-state index contributed by atoms with van der Waals surface area (Å²) in [5.74, 6) is -1.06. The van der Waals surface area contributed by atoms with Crippen LogP contribution < -0.4 is 5.32 Å². The average Bonchev–Trinajstić information content (AvgIpc) is 3.19. The van der Waals surface area contributed by atoms with Crippen LogP contribution in [0.1, 0.15) is 16.1 Å². The van der Waals surface area contributed by atoms with Crippen molar-refractivity contribution >= 4 is 40.4 Å². The molecule has 1 aromatic carbocycles. The number of aromatic nitrogens is 2. The normalized spacial score (nSPS) is 17.5. The van der Waals surface area contributed by atoms with Crippen molar-refractivity contribution in [2.45, 2.75) is 0 Å². The van der Waals surface area contributed by atoms with E-state index in [0.29, 0.717) is 33.3 Å². The van der Waals surface area contributed by atoms with Crippen molar-refractivity contribution in [2.24, 2.45) is 16.1 Å². The van der Waals surface area contributed by atoms with Gasteiger partial charge in [-0.2, -0.15) is 0 Å². The van der Waals surface area contributed by atoms with E-state index in [0.717, 1.165) is 5.57 Å². The lowest BCUT2D eigenvalue weighted by Gasteiger charge is -2.20. The molecule has 0 fully saturated rings. The molecule has 146 valence electrons. The van der Waals surface area contributed by atoms with Crippen LogP contribution >= 0.6 is 11.6 Å². The van der Waals surface area contributed by atoms with E-state index >= 15 is 0 Å². The summed E-state index contributed by atoms with van der Waals surface area (Å²) < 4.78 is 1.71. The van der Waals surface area contributed by atoms with Crippen LogP contribution in [0.2, 0.25) is 5.02 Å². The van der Waals surface area contributed by atoms with E-state index in [-0.39, 0.29) is 11.8 Å². The smallest absolute Gasteiger partial charge is 0.276 e. The molecule has 2 amide bonds. The van der Waals surface area contributed by atoms with Crippen LogP contribution in [-0.2, 0) is 4.79 Å². The minimum Gasteiger partial charge on any atom is -0.321 e. The molecule has 1 unspecified atom stereocenters. The third-order valence-electron chi connectivity index (χ3n) is 4.95. The monoisotopic (exact) mass is 415 g/mol. The Kier molecular flexibility index (Phi) is 4.37. The lowest BCUT2D eigenvalue weighted by molar-refractivity contribution is -0.119. The summed E-state index contributed by atoms with van der Waals surface area (Å²) in [6.07, 6.45) is 10.6. The van der Waals surface area contributed by atoms with Crippen molar-refractivity contribution in [1.29, 1.82) is 0 Å². The standard InChI is InChI=1S/C22H14ClN5O2/c23-17-11-13(25-22(30)18-12-24-19-7-3-4-10-28(18)19)8-9-16(17)20-14-5-1-2-6-15(14)21(29)27-26-20/h1-12,15H,(H,25,30). The Labute approximate surface area is 176 Å². The second-order valence-electron chi connectivity index (χ2n) is 6.78. The number of imidazole rings is 1. The molecule has 0 bridgehead atoms. The quantitative estimate of drug-likeness (QED) is 0.673. The van der Waals surface area contributed by atoms with Gasteiger partial charge in [0.1, 0.15) is 11.3 Å². The van der Waals surface area contributed by atoms with Gasteiger partial charge in [0, 0.05) is 17.4 Å². The number of nitrogens with one attached hydrogen (secondary N) is 1. The average molecular weight is 416 g/mol. The van der Waals surface area contributed by atoms with Crippen LogP contribution in [0.4, 0.5) is 5.69 Å². The molecular formula is C22H14ClN5O2. The van der Waals surface area contributed by atoms with Crippen LogP contribution in [0.3, 0.4) is 0 Å². The van der Waals surface area contributed by atoms with Crippen molar-refractivity contribution in [3.05, 3.63) is 94.9 Å². The topological polar surface area (TPSA) is 88.2 Å². The SMILES string of the molecule is O=C(Nc1ccc(C2=C3C=CC=CC3C(=O)N=N2)c(Cl)c1)c1cnc2ccccn12. The lowest BCUT2D eigenvalue weighted by Crippen LogP contribution is -2.17. The van der Waals surface area contributed by atoms with Crippen molar-refractivity contribution in [1.82, 2.24) is 9.38 Å². The van der Waals surface area contributed by atoms with Crippen molar-refractivity contribution < 1.29 is 9.59 Å². The Balaban J connectivity index is 1.45. The van der Waals surface area contributed by atoms with Crippen molar-refractivity contribution in [3.8, 4) is 0 Å². The summed E-state index contributed by atoms with van der Waals surface area (Å²) in [5, 5.41) is 11.1. The first-order chi connectivity index (χ1) is 14.6. The molecule has 3 aromatic rings. The Hall–Kier alpha value is -3.84. The largest absolute Gasteiger partial charge is 0.321 e. The second kappa shape index (κ2) is 7.20. The van der Waals surface area contributed by atoms with E-state index in [4.69, 9.17) is 11.6 Å². The van der Waals surface area contributed by atoms with Gasteiger partial charge in [-0.1, -0.05) is 42.0 Å². The first-order valence-electron chi connectivity index (χ1n) is 9.20. The number of carbonyl (C=O) groups is 2. The molecule has 0 saturated carbocycles. The van der Waals surface area contributed by atoms with Crippen LogP contribution in [0.25, 0.3) is 11.3 Å². The summed E-state index contributed by atoms with van der Waals surface area (Å²) in [6.45, 7) is 0. The van der Waals surface area contributed by atoms with Gasteiger partial charge in [0.2, 0.25) is 0 Å². The molecule has 1 N–H and O–H groups in total. The molecule has 1 aliphatic heterocycles. The van der Waals surface area contributed by atoms with Gasteiger partial charge in [0.25, 0.3) is 11.8 Å². The number of pyridine rings is 1. The fourth-order valence-corrected chi connectivity index (χ4v) is 3.76. The number of nitrogens with zero attached hydrogens (tertiary/aromatic N) is 4. The van der Waals surface area contributed by atoms with Gasteiger partial charge in [-0.3, -0.25) is 14.0 Å². The number of azo groups is 1. The number of benzene rings is 1. The Morgan fingerprint density at radius 2 is 2.03 bits per heavy atom. The predicted octanol–water partition coefficient (Wildman–Crippen LogP) is 4.69. The van der Waals surface area contributed by atoms with Gasteiger partial charge >= 0.3 is 0 Å². The highest BCUT2D eigenvalue weighted by atomic mass is 35.5. The maximum Gasteiger partial charge on any atom is 0.276 e. The van der Waals surface area contributed by atoms with Crippen LogP contribution in [0.15, 0.2) is 88.9 Å². The Morgan fingerprint density at radius 3 is 2.90 bits per heavy atom. The number of anilines is 1. The highest BCUT2D eigenvalue weighted by molar-refractivity contribution is 6.32. The minimum atomic E-state index is -0.451. The Bertz CT molecular complexity index is 1330. The van der Waals surface area contributed by atoms with E-state index in [1.807, 2.05) is 36.4 Å². The summed E-state index contributed by atoms with van der Waals surface area (Å²) in [4.78, 5) is 28.9. The number of allylic oxidation sites excluding steroid dienone is 3. The van der Waals surface area contributed by atoms with Crippen LogP contribution in [0, 0.1) is 5.92 Å². The molecule has 1 atom stereocenters. The van der Waals surface area contributed by atoms with Gasteiger partial charge in [0.05, 0.1) is 22.8 Å².